The highest BCUT2D eigenvalue weighted by Crippen LogP contribution is 2.29. The van der Waals surface area contributed by atoms with E-state index in [0.29, 0.717) is 24.0 Å². The standard InChI is InChI=1S/C19H21F3N4S/c1-14-4-2-5-16(12-14)24-18(27)26-9-3-8-25(10-11-26)17-7-6-15(13-23-17)19(20,21)22/h2,4-7,12-13H,3,8-11H2,1H3,(H,24,27). The average molecular weight is 394 g/mol. The van der Waals surface area contributed by atoms with Crippen LogP contribution in [0.5, 0.6) is 0 Å². The number of alkyl halides is 3. The van der Waals surface area contributed by atoms with Crippen LogP contribution in [0.1, 0.15) is 17.5 Å². The quantitative estimate of drug-likeness (QED) is 0.767. The molecule has 1 saturated heterocycles. The molecule has 0 saturated carbocycles. The fourth-order valence-corrected chi connectivity index (χ4v) is 3.32. The molecule has 1 aliphatic rings. The third-order valence-corrected chi connectivity index (χ3v) is 4.81. The predicted molar refractivity (Wildman–Crippen MR) is 105 cm³/mol. The van der Waals surface area contributed by atoms with Gasteiger partial charge in [-0.25, -0.2) is 4.98 Å². The summed E-state index contributed by atoms with van der Waals surface area (Å²) in [6.07, 6.45) is -2.63. The van der Waals surface area contributed by atoms with E-state index < -0.39 is 11.7 Å². The largest absolute Gasteiger partial charge is 0.417 e. The van der Waals surface area contributed by atoms with Crippen LogP contribution < -0.4 is 10.2 Å². The molecule has 1 aromatic heterocycles. The molecule has 3 rings (SSSR count). The Kier molecular flexibility index (Phi) is 5.84. The Morgan fingerprint density at radius 1 is 1.11 bits per heavy atom. The molecule has 0 bridgehead atoms. The van der Waals surface area contributed by atoms with E-state index >= 15 is 0 Å². The molecule has 0 atom stereocenters. The molecule has 0 radical (unpaired) electrons. The maximum Gasteiger partial charge on any atom is 0.417 e. The smallest absolute Gasteiger partial charge is 0.355 e. The van der Waals surface area contributed by atoms with Crippen LogP contribution in [0.25, 0.3) is 0 Å². The maximum absolute atomic E-state index is 12.7. The predicted octanol–water partition coefficient (Wildman–Crippen LogP) is 4.32. The second-order valence-electron chi connectivity index (χ2n) is 6.53. The summed E-state index contributed by atoms with van der Waals surface area (Å²) in [4.78, 5) is 8.08. The summed E-state index contributed by atoms with van der Waals surface area (Å²) >= 11 is 5.53. The fourth-order valence-electron chi connectivity index (χ4n) is 3.02. The number of halogens is 3. The van der Waals surface area contributed by atoms with Crippen LogP contribution in [0.2, 0.25) is 0 Å². The number of aromatic nitrogens is 1. The molecule has 27 heavy (non-hydrogen) atoms. The average Bonchev–Trinajstić information content (AvgIpc) is 2.87. The summed E-state index contributed by atoms with van der Waals surface area (Å²) in [5.74, 6) is 0.558. The number of anilines is 2. The summed E-state index contributed by atoms with van der Waals surface area (Å²) < 4.78 is 38.1. The molecule has 1 N–H and O–H groups in total. The van der Waals surface area contributed by atoms with Crippen molar-refractivity contribution < 1.29 is 13.2 Å². The van der Waals surface area contributed by atoms with Gasteiger partial charge in [-0.3, -0.25) is 0 Å². The molecule has 144 valence electrons. The number of benzene rings is 1. The molecule has 1 aliphatic heterocycles. The van der Waals surface area contributed by atoms with Gasteiger partial charge in [0.2, 0.25) is 0 Å². The van der Waals surface area contributed by atoms with E-state index in [-0.39, 0.29) is 0 Å². The van der Waals surface area contributed by atoms with Gasteiger partial charge in [0.25, 0.3) is 0 Å². The van der Waals surface area contributed by atoms with Crippen molar-refractivity contribution in [2.75, 3.05) is 36.4 Å². The number of hydrogen-bond donors (Lipinski definition) is 1. The second kappa shape index (κ2) is 8.12. The molecule has 0 spiro atoms. The van der Waals surface area contributed by atoms with E-state index in [1.165, 1.54) is 6.07 Å². The van der Waals surface area contributed by atoms with Gasteiger partial charge in [0.1, 0.15) is 5.82 Å². The Morgan fingerprint density at radius 2 is 1.93 bits per heavy atom. The lowest BCUT2D eigenvalue weighted by atomic mass is 10.2. The zero-order valence-corrected chi connectivity index (χ0v) is 15.8. The molecule has 0 amide bonds. The van der Waals surface area contributed by atoms with Gasteiger partial charge in [0.15, 0.2) is 5.11 Å². The van der Waals surface area contributed by atoms with Crippen molar-refractivity contribution in [1.29, 1.82) is 0 Å². The van der Waals surface area contributed by atoms with Crippen molar-refractivity contribution in [1.82, 2.24) is 9.88 Å². The Hall–Kier alpha value is -2.35. The number of hydrogen-bond acceptors (Lipinski definition) is 3. The molecule has 1 fully saturated rings. The third-order valence-electron chi connectivity index (χ3n) is 4.45. The monoisotopic (exact) mass is 394 g/mol. The zero-order chi connectivity index (χ0) is 19.4. The first-order valence-corrected chi connectivity index (χ1v) is 9.14. The van der Waals surface area contributed by atoms with Gasteiger partial charge in [-0.1, -0.05) is 12.1 Å². The lowest BCUT2D eigenvalue weighted by molar-refractivity contribution is -0.137. The Balaban J connectivity index is 1.60. The van der Waals surface area contributed by atoms with Gasteiger partial charge in [0.05, 0.1) is 5.56 Å². The lowest BCUT2D eigenvalue weighted by Gasteiger charge is -2.25. The van der Waals surface area contributed by atoms with E-state index in [2.05, 4.69) is 15.2 Å². The SMILES string of the molecule is Cc1cccc(NC(=S)N2CCCN(c3ccc(C(F)(F)F)cn3)CC2)c1. The van der Waals surface area contributed by atoms with Gasteiger partial charge < -0.3 is 15.1 Å². The number of thiocarbonyl (C=S) groups is 1. The number of rotatable bonds is 2. The van der Waals surface area contributed by atoms with E-state index in [0.717, 1.165) is 43.0 Å². The molecule has 2 heterocycles. The van der Waals surface area contributed by atoms with E-state index in [9.17, 15) is 13.2 Å². The van der Waals surface area contributed by atoms with Crippen LogP contribution in [0.4, 0.5) is 24.7 Å². The van der Waals surface area contributed by atoms with E-state index in [1.807, 2.05) is 36.1 Å². The minimum atomic E-state index is -4.37. The van der Waals surface area contributed by atoms with Gasteiger partial charge in [-0.2, -0.15) is 13.2 Å². The molecule has 0 aliphatic carbocycles. The van der Waals surface area contributed by atoms with Gasteiger partial charge >= 0.3 is 6.18 Å². The summed E-state index contributed by atoms with van der Waals surface area (Å²) in [5.41, 5.74) is 1.37. The zero-order valence-electron chi connectivity index (χ0n) is 15.0. The molecule has 0 unspecified atom stereocenters. The van der Waals surface area contributed by atoms with Crippen LogP contribution in [0, 0.1) is 6.92 Å². The van der Waals surface area contributed by atoms with Crippen LogP contribution in [-0.2, 0) is 6.18 Å². The molecular weight excluding hydrogens is 373 g/mol. The van der Waals surface area contributed by atoms with Gasteiger partial charge in [-0.15, -0.1) is 0 Å². The summed E-state index contributed by atoms with van der Waals surface area (Å²) in [7, 11) is 0. The van der Waals surface area contributed by atoms with Gasteiger partial charge in [-0.05, 0) is 55.4 Å². The summed E-state index contributed by atoms with van der Waals surface area (Å²) in [6, 6.07) is 10.5. The van der Waals surface area contributed by atoms with Crippen molar-refractivity contribution in [3.8, 4) is 0 Å². The minimum Gasteiger partial charge on any atom is -0.355 e. The topological polar surface area (TPSA) is 31.4 Å². The first-order valence-electron chi connectivity index (χ1n) is 8.74. The minimum absolute atomic E-state index is 0.558. The lowest BCUT2D eigenvalue weighted by Crippen LogP contribution is -2.38. The highest BCUT2D eigenvalue weighted by Gasteiger charge is 2.31. The van der Waals surface area contributed by atoms with Crippen LogP contribution in [0.3, 0.4) is 0 Å². The highest BCUT2D eigenvalue weighted by molar-refractivity contribution is 7.80. The van der Waals surface area contributed by atoms with Crippen molar-refractivity contribution in [2.45, 2.75) is 19.5 Å². The number of pyridine rings is 1. The van der Waals surface area contributed by atoms with Crippen molar-refractivity contribution in [3.63, 3.8) is 0 Å². The first kappa shape index (κ1) is 19.4. The fraction of sp³-hybridized carbons (Fsp3) is 0.368. The Bertz CT molecular complexity index is 792. The third kappa shape index (κ3) is 5.09. The highest BCUT2D eigenvalue weighted by atomic mass is 32.1. The summed E-state index contributed by atoms with van der Waals surface area (Å²) in [6.45, 7) is 4.86. The molecule has 1 aromatic carbocycles. The number of nitrogens with one attached hydrogen (secondary N) is 1. The maximum atomic E-state index is 12.7. The summed E-state index contributed by atoms with van der Waals surface area (Å²) in [5, 5.41) is 3.91. The Labute approximate surface area is 162 Å². The Morgan fingerprint density at radius 3 is 2.59 bits per heavy atom. The molecule has 2 aromatic rings. The van der Waals surface area contributed by atoms with Crippen molar-refractivity contribution in [2.24, 2.45) is 0 Å². The van der Waals surface area contributed by atoms with Crippen LogP contribution in [0.15, 0.2) is 42.6 Å². The normalized spacial score (nSPS) is 15.4. The first-order chi connectivity index (χ1) is 12.8. The van der Waals surface area contributed by atoms with Crippen molar-refractivity contribution >= 4 is 28.8 Å². The number of aryl methyl sites for hydroxylation is 1. The van der Waals surface area contributed by atoms with Crippen LogP contribution in [-0.4, -0.2) is 41.2 Å². The van der Waals surface area contributed by atoms with Gasteiger partial charge in [0, 0.05) is 38.1 Å². The molecule has 4 nitrogen and oxygen atoms in total. The van der Waals surface area contributed by atoms with E-state index in [4.69, 9.17) is 12.2 Å². The van der Waals surface area contributed by atoms with E-state index in [1.54, 1.807) is 0 Å². The number of nitrogens with zero attached hydrogens (tertiary/aromatic N) is 3. The molecule has 8 heteroatoms. The van der Waals surface area contributed by atoms with Crippen LogP contribution >= 0.6 is 12.2 Å². The molecular formula is C19H21F3N4S. The second-order valence-corrected chi connectivity index (χ2v) is 6.92. The van der Waals surface area contributed by atoms with Crippen molar-refractivity contribution in [3.05, 3.63) is 53.7 Å².